The predicted octanol–water partition coefficient (Wildman–Crippen LogP) is 3.29. The van der Waals surface area contributed by atoms with Gasteiger partial charge in [-0.25, -0.2) is 4.79 Å². The first-order valence-corrected chi connectivity index (χ1v) is 6.66. The van der Waals surface area contributed by atoms with Crippen LogP contribution in [0, 0.1) is 0 Å². The Hall–Kier alpha value is -1.97. The number of hydrogen-bond acceptors (Lipinski definition) is 3. The van der Waals surface area contributed by atoms with Crippen molar-refractivity contribution in [2.75, 3.05) is 18.0 Å². The Morgan fingerprint density at radius 2 is 2.00 bits per heavy atom. The second-order valence-electron chi connectivity index (χ2n) is 4.70. The molecule has 4 nitrogen and oxygen atoms in total. The second-order valence-corrected chi connectivity index (χ2v) is 4.70. The Morgan fingerprint density at radius 1 is 1.32 bits per heavy atom. The van der Waals surface area contributed by atoms with E-state index in [1.54, 1.807) is 18.2 Å². The number of nitrogens with zero attached hydrogens (tertiary/aromatic N) is 1. The number of aliphatic hydroxyl groups excluding tert-OH is 1. The number of benzene rings is 1. The van der Waals surface area contributed by atoms with E-state index in [0.717, 1.165) is 25.9 Å². The molecule has 1 fully saturated rings. The third kappa shape index (κ3) is 2.72. The van der Waals surface area contributed by atoms with Crippen LogP contribution in [-0.4, -0.2) is 29.3 Å². The molecule has 4 heteroatoms. The predicted molar refractivity (Wildman–Crippen MR) is 75.7 cm³/mol. The van der Waals surface area contributed by atoms with Crippen LogP contribution in [0.3, 0.4) is 0 Å². The van der Waals surface area contributed by atoms with E-state index in [1.807, 2.05) is 13.0 Å². The zero-order valence-corrected chi connectivity index (χ0v) is 11.1. The summed E-state index contributed by atoms with van der Waals surface area (Å²) in [6.07, 6.45) is 4.47. The molecule has 0 amide bonds. The molecule has 0 atom stereocenters. The lowest BCUT2D eigenvalue weighted by molar-refractivity contribution is 0.0697. The summed E-state index contributed by atoms with van der Waals surface area (Å²) in [4.78, 5) is 13.6. The summed E-state index contributed by atoms with van der Waals surface area (Å²) in [6.45, 7) is 3.66. The maximum Gasteiger partial charge on any atom is 0.338 e. The smallest absolute Gasteiger partial charge is 0.338 e. The van der Waals surface area contributed by atoms with Gasteiger partial charge < -0.3 is 15.1 Å². The van der Waals surface area contributed by atoms with Crippen molar-refractivity contribution in [1.29, 1.82) is 0 Å². The normalized spacial score (nSPS) is 15.8. The van der Waals surface area contributed by atoms with Gasteiger partial charge in [-0.3, -0.25) is 0 Å². The molecule has 1 aliphatic heterocycles. The molecule has 1 saturated heterocycles. The summed E-state index contributed by atoms with van der Waals surface area (Å²) >= 11 is 0. The maximum absolute atomic E-state index is 11.5. The van der Waals surface area contributed by atoms with Crippen molar-refractivity contribution in [2.24, 2.45) is 0 Å². The summed E-state index contributed by atoms with van der Waals surface area (Å²) in [7, 11) is 0. The number of anilines is 1. The minimum Gasteiger partial charge on any atom is -0.508 e. The molecule has 0 bridgehead atoms. The van der Waals surface area contributed by atoms with Gasteiger partial charge >= 0.3 is 5.97 Å². The van der Waals surface area contributed by atoms with Crippen LogP contribution in [0.5, 0.6) is 0 Å². The minimum absolute atomic E-state index is 0.0425. The Labute approximate surface area is 113 Å². The van der Waals surface area contributed by atoms with Gasteiger partial charge in [-0.05, 0) is 31.4 Å². The zero-order chi connectivity index (χ0) is 13.8. The number of carbonyl (C=O) groups is 1. The van der Waals surface area contributed by atoms with Crippen LogP contribution in [0.4, 0.5) is 5.69 Å². The Morgan fingerprint density at radius 3 is 2.58 bits per heavy atom. The summed E-state index contributed by atoms with van der Waals surface area (Å²) < 4.78 is 0. The molecular weight excluding hydrogens is 242 g/mol. The molecule has 2 N–H and O–H groups in total. The molecule has 1 heterocycles. The second kappa shape index (κ2) is 5.78. The standard InChI is InChI=1S/C15H19NO3/c1-2-6-13(17)11-7-5-8-12(14(11)15(18)19)16-9-3-4-10-16/h5-8,17H,2-4,9-10H2,1H3,(H,18,19)/b13-6+. The Kier molecular flexibility index (Phi) is 4.10. The molecule has 1 aromatic rings. The largest absolute Gasteiger partial charge is 0.508 e. The van der Waals surface area contributed by atoms with Crippen molar-refractivity contribution >= 4 is 17.4 Å². The van der Waals surface area contributed by atoms with Gasteiger partial charge in [0, 0.05) is 18.7 Å². The minimum atomic E-state index is -0.992. The highest BCUT2D eigenvalue weighted by Crippen LogP contribution is 2.30. The lowest BCUT2D eigenvalue weighted by Gasteiger charge is -2.21. The van der Waals surface area contributed by atoms with Gasteiger partial charge in [0.1, 0.15) is 5.76 Å². The van der Waals surface area contributed by atoms with Gasteiger partial charge in [0.25, 0.3) is 0 Å². The fraction of sp³-hybridized carbons (Fsp3) is 0.400. The first-order chi connectivity index (χ1) is 9.15. The number of aromatic carboxylic acids is 1. The van der Waals surface area contributed by atoms with Gasteiger partial charge in [0.05, 0.1) is 11.3 Å². The highest BCUT2D eigenvalue weighted by molar-refractivity contribution is 5.99. The lowest BCUT2D eigenvalue weighted by Crippen LogP contribution is -2.21. The van der Waals surface area contributed by atoms with E-state index in [9.17, 15) is 15.0 Å². The van der Waals surface area contributed by atoms with Crippen LogP contribution in [0.15, 0.2) is 24.3 Å². The fourth-order valence-corrected chi connectivity index (χ4v) is 2.50. The number of rotatable bonds is 4. The van der Waals surface area contributed by atoms with Crippen LogP contribution >= 0.6 is 0 Å². The summed E-state index contributed by atoms with van der Waals surface area (Å²) in [5, 5.41) is 19.5. The summed E-state index contributed by atoms with van der Waals surface area (Å²) in [5.41, 5.74) is 1.31. The van der Waals surface area contributed by atoms with Crippen LogP contribution in [0.1, 0.15) is 42.1 Å². The van der Waals surface area contributed by atoms with E-state index in [4.69, 9.17) is 0 Å². The number of hydrogen-bond donors (Lipinski definition) is 2. The Bertz CT molecular complexity index is 502. The number of carboxylic acid groups (broad SMARTS) is 1. The van der Waals surface area contributed by atoms with Gasteiger partial charge in [-0.1, -0.05) is 19.1 Å². The van der Waals surface area contributed by atoms with Crippen molar-refractivity contribution in [3.63, 3.8) is 0 Å². The molecule has 1 aromatic carbocycles. The van der Waals surface area contributed by atoms with Crippen molar-refractivity contribution in [3.8, 4) is 0 Å². The Balaban J connectivity index is 2.52. The first kappa shape index (κ1) is 13.5. The average Bonchev–Trinajstić information content (AvgIpc) is 2.91. The summed E-state index contributed by atoms with van der Waals surface area (Å²) in [6, 6.07) is 5.27. The van der Waals surface area contributed by atoms with Crippen molar-refractivity contribution < 1.29 is 15.0 Å². The SMILES string of the molecule is CC/C=C(/O)c1cccc(N2CCCC2)c1C(=O)O. The van der Waals surface area contributed by atoms with Gasteiger partial charge in [-0.2, -0.15) is 0 Å². The van der Waals surface area contributed by atoms with E-state index < -0.39 is 5.97 Å². The molecular formula is C15H19NO3. The van der Waals surface area contributed by atoms with Crippen LogP contribution in [0.25, 0.3) is 5.76 Å². The molecule has 0 spiro atoms. The lowest BCUT2D eigenvalue weighted by atomic mass is 10.0. The van der Waals surface area contributed by atoms with E-state index in [1.165, 1.54) is 0 Å². The molecule has 0 saturated carbocycles. The van der Waals surface area contributed by atoms with E-state index in [0.29, 0.717) is 17.7 Å². The van der Waals surface area contributed by atoms with E-state index in [-0.39, 0.29) is 11.3 Å². The number of aliphatic hydroxyl groups is 1. The monoisotopic (exact) mass is 261 g/mol. The van der Waals surface area contributed by atoms with Crippen molar-refractivity contribution in [3.05, 3.63) is 35.4 Å². The van der Waals surface area contributed by atoms with Gasteiger partial charge in [0.15, 0.2) is 0 Å². The third-order valence-corrected chi connectivity index (χ3v) is 3.38. The molecule has 19 heavy (non-hydrogen) atoms. The molecule has 2 rings (SSSR count). The summed E-state index contributed by atoms with van der Waals surface area (Å²) in [5.74, 6) is -0.950. The zero-order valence-electron chi connectivity index (χ0n) is 11.1. The van der Waals surface area contributed by atoms with Crippen molar-refractivity contribution in [2.45, 2.75) is 26.2 Å². The van der Waals surface area contributed by atoms with Crippen LogP contribution in [0.2, 0.25) is 0 Å². The molecule has 0 unspecified atom stereocenters. The maximum atomic E-state index is 11.5. The molecule has 0 aliphatic carbocycles. The average molecular weight is 261 g/mol. The first-order valence-electron chi connectivity index (χ1n) is 6.66. The third-order valence-electron chi connectivity index (χ3n) is 3.38. The molecule has 0 radical (unpaired) electrons. The quantitative estimate of drug-likeness (QED) is 0.816. The number of carboxylic acids is 1. The fourth-order valence-electron chi connectivity index (χ4n) is 2.50. The molecule has 1 aliphatic rings. The molecule has 102 valence electrons. The van der Waals surface area contributed by atoms with Gasteiger partial charge in [0.2, 0.25) is 0 Å². The van der Waals surface area contributed by atoms with E-state index >= 15 is 0 Å². The van der Waals surface area contributed by atoms with Crippen molar-refractivity contribution in [1.82, 2.24) is 0 Å². The topological polar surface area (TPSA) is 60.8 Å². The van der Waals surface area contributed by atoms with E-state index in [2.05, 4.69) is 4.90 Å². The van der Waals surface area contributed by atoms with Crippen LogP contribution in [-0.2, 0) is 0 Å². The van der Waals surface area contributed by atoms with Crippen LogP contribution < -0.4 is 4.90 Å². The number of allylic oxidation sites excluding steroid dienone is 1. The molecule has 0 aromatic heterocycles. The highest BCUT2D eigenvalue weighted by Gasteiger charge is 2.23. The highest BCUT2D eigenvalue weighted by atomic mass is 16.4. The van der Waals surface area contributed by atoms with Gasteiger partial charge in [-0.15, -0.1) is 0 Å².